The van der Waals surface area contributed by atoms with E-state index in [9.17, 15) is 0 Å². The number of aliphatic imine (C=N–C) groups is 1. The van der Waals surface area contributed by atoms with E-state index in [0.29, 0.717) is 12.3 Å². The van der Waals surface area contributed by atoms with Crippen molar-refractivity contribution < 1.29 is 9.47 Å². The monoisotopic (exact) mass is 209 g/mol. The summed E-state index contributed by atoms with van der Waals surface area (Å²) in [7, 11) is 3.25. The fourth-order valence-corrected chi connectivity index (χ4v) is 1.21. The third kappa shape index (κ3) is 4.13. The van der Waals surface area contributed by atoms with E-state index in [1.807, 2.05) is 13.0 Å². The fourth-order valence-electron chi connectivity index (χ4n) is 1.21. The van der Waals surface area contributed by atoms with E-state index in [1.165, 1.54) is 0 Å². The number of rotatable bonds is 7. The Morgan fingerprint density at radius 2 is 2.07 bits per heavy atom. The van der Waals surface area contributed by atoms with Gasteiger partial charge in [0.05, 0.1) is 19.4 Å². The Bertz CT molecular complexity index is 267. The van der Waals surface area contributed by atoms with Gasteiger partial charge in [-0.25, -0.2) is 0 Å². The molecule has 3 heteroatoms. The van der Waals surface area contributed by atoms with Gasteiger partial charge in [-0.15, -0.1) is 0 Å². The van der Waals surface area contributed by atoms with Crippen molar-refractivity contribution in [2.45, 2.75) is 13.3 Å². The van der Waals surface area contributed by atoms with E-state index in [2.05, 4.69) is 18.3 Å². The summed E-state index contributed by atoms with van der Waals surface area (Å²) in [5.74, 6) is 0.765. The van der Waals surface area contributed by atoms with Gasteiger partial charge in [0.1, 0.15) is 5.76 Å². The highest BCUT2D eigenvalue weighted by Crippen LogP contribution is 2.18. The van der Waals surface area contributed by atoms with Crippen molar-refractivity contribution in [3.05, 3.63) is 35.8 Å². The summed E-state index contributed by atoms with van der Waals surface area (Å²) < 4.78 is 10.4. The van der Waals surface area contributed by atoms with Crippen molar-refractivity contribution in [3.8, 4) is 0 Å². The second-order valence-electron chi connectivity index (χ2n) is 2.84. The average Bonchev–Trinajstić information content (AvgIpc) is 2.26. The number of ether oxygens (including phenoxy) is 2. The maximum absolute atomic E-state index is 5.28. The molecule has 0 aliphatic carbocycles. The fraction of sp³-hybridized carbons (Fsp3) is 0.417. The first-order chi connectivity index (χ1) is 7.24. The molecule has 0 N–H and O–H groups in total. The molecule has 0 saturated carbocycles. The van der Waals surface area contributed by atoms with Gasteiger partial charge < -0.3 is 9.47 Å². The highest BCUT2D eigenvalue weighted by Gasteiger charge is 2.09. The molecule has 0 aromatic rings. The second kappa shape index (κ2) is 8.00. The molecule has 0 atom stereocenters. The van der Waals surface area contributed by atoms with E-state index < -0.39 is 0 Å². The molecule has 0 heterocycles. The smallest absolute Gasteiger partial charge is 0.122 e. The van der Waals surface area contributed by atoms with Gasteiger partial charge in [-0.2, -0.15) is 0 Å². The lowest BCUT2D eigenvalue weighted by atomic mass is 10.1. The summed E-state index contributed by atoms with van der Waals surface area (Å²) in [5.41, 5.74) is 1.56. The molecule has 0 aliphatic rings. The highest BCUT2D eigenvalue weighted by atomic mass is 16.5. The SMILES string of the molecule is C=C/C(N=C)=C(COC)\C(=C/CC)OC. The lowest BCUT2D eigenvalue weighted by molar-refractivity contribution is 0.211. The van der Waals surface area contributed by atoms with Crippen molar-refractivity contribution in [3.63, 3.8) is 0 Å². The van der Waals surface area contributed by atoms with Crippen LogP contribution in [0.25, 0.3) is 0 Å². The van der Waals surface area contributed by atoms with Gasteiger partial charge >= 0.3 is 0 Å². The van der Waals surface area contributed by atoms with Gasteiger partial charge in [0.25, 0.3) is 0 Å². The van der Waals surface area contributed by atoms with E-state index in [1.54, 1.807) is 20.3 Å². The molecule has 0 unspecified atom stereocenters. The van der Waals surface area contributed by atoms with Crippen LogP contribution >= 0.6 is 0 Å². The first-order valence-corrected chi connectivity index (χ1v) is 4.80. The zero-order chi connectivity index (χ0) is 11.7. The summed E-state index contributed by atoms with van der Waals surface area (Å²) in [6.07, 6.45) is 4.50. The molecule has 15 heavy (non-hydrogen) atoms. The molecule has 0 spiro atoms. The van der Waals surface area contributed by atoms with Crippen LogP contribution in [0.1, 0.15) is 13.3 Å². The van der Waals surface area contributed by atoms with Gasteiger partial charge in [0, 0.05) is 12.7 Å². The van der Waals surface area contributed by atoms with Crippen molar-refractivity contribution in [2.75, 3.05) is 20.8 Å². The van der Waals surface area contributed by atoms with E-state index in [-0.39, 0.29) is 0 Å². The third-order valence-electron chi connectivity index (χ3n) is 1.87. The molecule has 84 valence electrons. The second-order valence-corrected chi connectivity index (χ2v) is 2.84. The molecule has 0 bridgehead atoms. The predicted octanol–water partition coefficient (Wildman–Crippen LogP) is 2.71. The maximum Gasteiger partial charge on any atom is 0.122 e. The largest absolute Gasteiger partial charge is 0.497 e. The van der Waals surface area contributed by atoms with Crippen LogP contribution in [0.4, 0.5) is 0 Å². The van der Waals surface area contributed by atoms with Crippen LogP contribution < -0.4 is 0 Å². The first kappa shape index (κ1) is 13.7. The standard InChI is InChI=1S/C12H19NO2/c1-6-8-12(15-5)10(9-14-4)11(7-2)13-3/h7-8H,2-3,6,9H2,1,4-5H3/b11-10+,12-8+. The van der Waals surface area contributed by atoms with Crippen LogP contribution in [-0.4, -0.2) is 27.5 Å². The zero-order valence-electron chi connectivity index (χ0n) is 9.75. The van der Waals surface area contributed by atoms with Crippen molar-refractivity contribution in [1.82, 2.24) is 0 Å². The topological polar surface area (TPSA) is 30.8 Å². The van der Waals surface area contributed by atoms with Crippen molar-refractivity contribution in [2.24, 2.45) is 4.99 Å². The molecule has 0 aromatic heterocycles. The quantitative estimate of drug-likeness (QED) is 0.366. The molecule has 3 nitrogen and oxygen atoms in total. The van der Waals surface area contributed by atoms with Gasteiger partial charge in [0.2, 0.25) is 0 Å². The molecule has 0 radical (unpaired) electrons. The van der Waals surface area contributed by atoms with Crippen LogP contribution in [0.5, 0.6) is 0 Å². The minimum absolute atomic E-state index is 0.431. The number of nitrogens with zero attached hydrogens (tertiary/aromatic N) is 1. The maximum atomic E-state index is 5.28. The zero-order valence-corrected chi connectivity index (χ0v) is 9.75. The lowest BCUT2D eigenvalue weighted by Gasteiger charge is -2.12. The average molecular weight is 209 g/mol. The Labute approximate surface area is 91.8 Å². The Hall–Kier alpha value is -1.35. The van der Waals surface area contributed by atoms with Crippen molar-refractivity contribution in [1.29, 1.82) is 0 Å². The Morgan fingerprint density at radius 1 is 1.40 bits per heavy atom. The minimum atomic E-state index is 0.431. The minimum Gasteiger partial charge on any atom is -0.497 e. The highest BCUT2D eigenvalue weighted by molar-refractivity contribution is 5.41. The third-order valence-corrected chi connectivity index (χ3v) is 1.87. The number of hydrogen-bond acceptors (Lipinski definition) is 3. The molecular formula is C12H19NO2. The first-order valence-electron chi connectivity index (χ1n) is 4.80. The summed E-state index contributed by atoms with van der Waals surface area (Å²) in [5, 5.41) is 0. The summed E-state index contributed by atoms with van der Waals surface area (Å²) in [6, 6.07) is 0. The van der Waals surface area contributed by atoms with Crippen molar-refractivity contribution >= 4 is 6.72 Å². The molecular weight excluding hydrogens is 190 g/mol. The molecule has 0 aliphatic heterocycles. The number of allylic oxidation sites excluding steroid dienone is 2. The van der Waals surface area contributed by atoms with Crippen LogP contribution in [0.3, 0.4) is 0 Å². The van der Waals surface area contributed by atoms with Crippen LogP contribution in [0.2, 0.25) is 0 Å². The molecule has 0 saturated heterocycles. The van der Waals surface area contributed by atoms with E-state index in [4.69, 9.17) is 9.47 Å². The normalized spacial score (nSPS) is 13.1. The number of hydrogen-bond donors (Lipinski definition) is 0. The molecule has 0 rings (SSSR count). The van der Waals surface area contributed by atoms with Gasteiger partial charge in [0.15, 0.2) is 0 Å². The molecule has 0 fully saturated rings. The predicted molar refractivity (Wildman–Crippen MR) is 64.0 cm³/mol. The van der Waals surface area contributed by atoms with Crippen LogP contribution in [-0.2, 0) is 9.47 Å². The Balaban J connectivity index is 5.25. The van der Waals surface area contributed by atoms with Gasteiger partial charge in [-0.1, -0.05) is 13.5 Å². The van der Waals surface area contributed by atoms with Crippen LogP contribution in [0.15, 0.2) is 40.8 Å². The molecule has 0 amide bonds. The number of methoxy groups -OCH3 is 2. The van der Waals surface area contributed by atoms with Gasteiger partial charge in [-0.3, -0.25) is 4.99 Å². The van der Waals surface area contributed by atoms with E-state index >= 15 is 0 Å². The van der Waals surface area contributed by atoms with Gasteiger partial charge in [-0.05, 0) is 25.3 Å². The summed E-state index contributed by atoms with van der Waals surface area (Å²) in [6.45, 7) is 9.65. The summed E-state index contributed by atoms with van der Waals surface area (Å²) >= 11 is 0. The van der Waals surface area contributed by atoms with Crippen LogP contribution in [0, 0.1) is 0 Å². The lowest BCUT2D eigenvalue weighted by Crippen LogP contribution is -2.03. The Kier molecular flexibility index (Phi) is 7.28. The summed E-state index contributed by atoms with van der Waals surface area (Å²) in [4.78, 5) is 3.89. The Morgan fingerprint density at radius 3 is 2.40 bits per heavy atom. The van der Waals surface area contributed by atoms with E-state index in [0.717, 1.165) is 17.8 Å². The molecule has 0 aromatic carbocycles.